The molecule has 0 radical (unpaired) electrons. The van der Waals surface area contributed by atoms with Gasteiger partial charge in [-0.25, -0.2) is 0 Å². The van der Waals surface area contributed by atoms with Crippen LogP contribution in [0.15, 0.2) is 24.3 Å². The van der Waals surface area contributed by atoms with Gasteiger partial charge in [0.1, 0.15) is 0 Å². The second-order valence-electron chi connectivity index (χ2n) is 6.02. The number of rotatable bonds is 3. The zero-order chi connectivity index (χ0) is 14.0. The maximum Gasteiger partial charge on any atom is 0.241 e. The van der Waals surface area contributed by atoms with Gasteiger partial charge in [0.2, 0.25) is 5.91 Å². The summed E-state index contributed by atoms with van der Waals surface area (Å²) in [7, 11) is 0. The Labute approximate surface area is 124 Å². The highest BCUT2D eigenvalue weighted by Crippen LogP contribution is 2.37. The zero-order valence-corrected chi connectivity index (χ0v) is 12.8. The maximum absolute atomic E-state index is 12.3. The first-order valence-electron chi connectivity index (χ1n) is 7.42. The molecule has 4 heteroatoms. The number of fused-ring (bicyclic) bond motifs is 1. The normalized spacial score (nSPS) is 29.6. The number of para-hydroxylation sites is 1. The quantitative estimate of drug-likeness (QED) is 0.899. The molecule has 20 heavy (non-hydrogen) atoms. The number of amides is 1. The van der Waals surface area contributed by atoms with Gasteiger partial charge in [-0.05, 0) is 50.0 Å². The number of anilines is 1. The molecular formula is C16H22N2OS. The van der Waals surface area contributed by atoms with Crippen molar-refractivity contribution in [2.75, 3.05) is 17.6 Å². The van der Waals surface area contributed by atoms with Crippen molar-refractivity contribution in [2.24, 2.45) is 0 Å². The van der Waals surface area contributed by atoms with Crippen molar-refractivity contribution in [3.8, 4) is 0 Å². The Kier molecular flexibility index (Phi) is 4.03. The summed E-state index contributed by atoms with van der Waals surface area (Å²) in [5.74, 6) is 1.36. The Hall–Kier alpha value is -1.000. The van der Waals surface area contributed by atoms with Crippen LogP contribution in [0.3, 0.4) is 0 Å². The van der Waals surface area contributed by atoms with Gasteiger partial charge >= 0.3 is 0 Å². The minimum absolute atomic E-state index is 0.0691. The standard InChI is InChI=1S/C16H22N2OS/c1-16(9-4-10-20-16)11-17-14-8-7-12-5-2-3-6-13(12)18-15(14)19/h2-3,5-6,14,17H,4,7-11H2,1H3,(H,18,19). The molecule has 0 saturated carbocycles. The molecule has 1 aromatic carbocycles. The van der Waals surface area contributed by atoms with Crippen molar-refractivity contribution in [1.29, 1.82) is 0 Å². The topological polar surface area (TPSA) is 41.1 Å². The lowest BCUT2D eigenvalue weighted by Gasteiger charge is -2.26. The van der Waals surface area contributed by atoms with Crippen LogP contribution in [0, 0.1) is 0 Å². The maximum atomic E-state index is 12.3. The number of aryl methyl sites for hydroxylation is 1. The molecule has 2 heterocycles. The van der Waals surface area contributed by atoms with Crippen molar-refractivity contribution in [3.05, 3.63) is 29.8 Å². The van der Waals surface area contributed by atoms with E-state index in [9.17, 15) is 4.79 Å². The van der Waals surface area contributed by atoms with Crippen LogP contribution in [-0.2, 0) is 11.2 Å². The van der Waals surface area contributed by atoms with Gasteiger partial charge < -0.3 is 10.6 Å². The number of thioether (sulfide) groups is 1. The highest BCUT2D eigenvalue weighted by molar-refractivity contribution is 8.00. The summed E-state index contributed by atoms with van der Waals surface area (Å²) >= 11 is 2.03. The monoisotopic (exact) mass is 290 g/mol. The molecule has 0 aromatic heterocycles. The van der Waals surface area contributed by atoms with Gasteiger partial charge in [-0.3, -0.25) is 4.79 Å². The smallest absolute Gasteiger partial charge is 0.241 e. The summed E-state index contributed by atoms with van der Waals surface area (Å²) in [5, 5.41) is 6.55. The van der Waals surface area contributed by atoms with E-state index in [1.807, 2.05) is 30.0 Å². The van der Waals surface area contributed by atoms with Crippen molar-refractivity contribution in [3.63, 3.8) is 0 Å². The third kappa shape index (κ3) is 3.01. The summed E-state index contributed by atoms with van der Waals surface area (Å²) in [4.78, 5) is 12.3. The minimum Gasteiger partial charge on any atom is -0.324 e. The average molecular weight is 290 g/mol. The first kappa shape index (κ1) is 14.0. The minimum atomic E-state index is -0.0691. The van der Waals surface area contributed by atoms with Gasteiger partial charge in [0.05, 0.1) is 6.04 Å². The van der Waals surface area contributed by atoms with Crippen LogP contribution in [0.1, 0.15) is 31.7 Å². The van der Waals surface area contributed by atoms with Gasteiger partial charge in [-0.2, -0.15) is 11.8 Å². The Morgan fingerprint density at radius 3 is 3.10 bits per heavy atom. The molecule has 108 valence electrons. The van der Waals surface area contributed by atoms with E-state index >= 15 is 0 Å². The number of hydrogen-bond donors (Lipinski definition) is 2. The molecule has 2 unspecified atom stereocenters. The summed E-state index contributed by atoms with van der Waals surface area (Å²) in [5.41, 5.74) is 2.22. The Balaban J connectivity index is 1.63. The second-order valence-corrected chi connectivity index (χ2v) is 7.70. The average Bonchev–Trinajstić information content (AvgIpc) is 2.80. The highest BCUT2D eigenvalue weighted by Gasteiger charge is 2.31. The van der Waals surface area contributed by atoms with Crippen molar-refractivity contribution in [1.82, 2.24) is 5.32 Å². The van der Waals surface area contributed by atoms with E-state index in [0.717, 1.165) is 25.1 Å². The predicted molar refractivity (Wildman–Crippen MR) is 85.3 cm³/mol. The largest absolute Gasteiger partial charge is 0.324 e. The molecule has 0 aliphatic carbocycles. The lowest BCUT2D eigenvalue weighted by atomic mass is 10.0. The fourth-order valence-electron chi connectivity index (χ4n) is 3.02. The number of nitrogens with one attached hydrogen (secondary N) is 2. The number of hydrogen-bond acceptors (Lipinski definition) is 3. The van der Waals surface area contributed by atoms with Crippen LogP contribution < -0.4 is 10.6 Å². The van der Waals surface area contributed by atoms with Crippen molar-refractivity contribution in [2.45, 2.75) is 43.4 Å². The lowest BCUT2D eigenvalue weighted by Crippen LogP contribution is -2.45. The first-order valence-corrected chi connectivity index (χ1v) is 8.41. The first-order chi connectivity index (χ1) is 9.66. The van der Waals surface area contributed by atoms with Crippen LogP contribution in [0.4, 0.5) is 5.69 Å². The van der Waals surface area contributed by atoms with E-state index in [1.165, 1.54) is 24.2 Å². The van der Waals surface area contributed by atoms with Crippen LogP contribution in [-0.4, -0.2) is 29.0 Å². The van der Waals surface area contributed by atoms with Gasteiger partial charge in [-0.15, -0.1) is 0 Å². The molecule has 1 amide bonds. The number of benzene rings is 1. The van der Waals surface area contributed by atoms with E-state index in [4.69, 9.17) is 0 Å². The SMILES string of the molecule is CC1(CNC2CCc3ccccc3NC2=O)CCCS1. The summed E-state index contributed by atoms with van der Waals surface area (Å²) in [6.07, 6.45) is 4.38. The molecule has 0 bridgehead atoms. The molecule has 1 aromatic rings. The van der Waals surface area contributed by atoms with Crippen molar-refractivity contribution < 1.29 is 4.79 Å². The van der Waals surface area contributed by atoms with E-state index in [2.05, 4.69) is 23.6 Å². The van der Waals surface area contributed by atoms with Crippen LogP contribution in [0.25, 0.3) is 0 Å². The van der Waals surface area contributed by atoms with Crippen LogP contribution in [0.5, 0.6) is 0 Å². The van der Waals surface area contributed by atoms with Crippen molar-refractivity contribution >= 4 is 23.4 Å². The van der Waals surface area contributed by atoms with Crippen LogP contribution >= 0.6 is 11.8 Å². The molecule has 1 fully saturated rings. The zero-order valence-electron chi connectivity index (χ0n) is 11.9. The summed E-state index contributed by atoms with van der Waals surface area (Å²) < 4.78 is 0.305. The predicted octanol–water partition coefficient (Wildman–Crippen LogP) is 2.82. The van der Waals surface area contributed by atoms with Crippen LogP contribution in [0.2, 0.25) is 0 Å². The highest BCUT2D eigenvalue weighted by atomic mass is 32.2. The lowest BCUT2D eigenvalue weighted by molar-refractivity contribution is -0.118. The van der Waals surface area contributed by atoms with E-state index in [0.29, 0.717) is 4.75 Å². The molecule has 2 aliphatic heterocycles. The number of carbonyl (C=O) groups is 1. The van der Waals surface area contributed by atoms with E-state index in [1.54, 1.807) is 0 Å². The fourth-order valence-corrected chi connectivity index (χ4v) is 4.28. The van der Waals surface area contributed by atoms with Gasteiger partial charge in [-0.1, -0.05) is 18.2 Å². The Morgan fingerprint density at radius 2 is 2.30 bits per heavy atom. The molecule has 2 aliphatic rings. The van der Waals surface area contributed by atoms with Gasteiger partial charge in [0.25, 0.3) is 0 Å². The van der Waals surface area contributed by atoms with Gasteiger partial charge in [0, 0.05) is 17.0 Å². The molecule has 2 N–H and O–H groups in total. The third-order valence-electron chi connectivity index (χ3n) is 4.32. The summed E-state index contributed by atoms with van der Waals surface area (Å²) in [6.45, 7) is 3.23. The molecule has 2 atom stereocenters. The molecule has 3 rings (SSSR count). The van der Waals surface area contributed by atoms with E-state index < -0.39 is 0 Å². The number of carbonyl (C=O) groups excluding carboxylic acids is 1. The molecule has 3 nitrogen and oxygen atoms in total. The fraction of sp³-hybridized carbons (Fsp3) is 0.562. The second kappa shape index (κ2) is 5.78. The Bertz CT molecular complexity index is 497. The van der Waals surface area contributed by atoms with Gasteiger partial charge in [0.15, 0.2) is 0 Å². The van der Waals surface area contributed by atoms with E-state index in [-0.39, 0.29) is 11.9 Å². The molecular weight excluding hydrogens is 268 g/mol. The third-order valence-corrected chi connectivity index (χ3v) is 5.86. The Morgan fingerprint density at radius 1 is 1.45 bits per heavy atom. The molecule has 0 spiro atoms. The summed E-state index contributed by atoms with van der Waals surface area (Å²) in [6, 6.07) is 8.04. The molecule has 1 saturated heterocycles.